The summed E-state index contributed by atoms with van der Waals surface area (Å²) in [5, 5.41) is 10.3. The number of nitrogens with zero attached hydrogens (tertiary/aromatic N) is 2. The summed E-state index contributed by atoms with van der Waals surface area (Å²) in [6.07, 6.45) is 12.2. The summed E-state index contributed by atoms with van der Waals surface area (Å²) in [5.41, 5.74) is 4.77. The highest BCUT2D eigenvalue weighted by atomic mass is 16.5. The molecule has 2 unspecified atom stereocenters. The van der Waals surface area contributed by atoms with Gasteiger partial charge < -0.3 is 10.1 Å². The van der Waals surface area contributed by atoms with Gasteiger partial charge in [-0.2, -0.15) is 0 Å². The van der Waals surface area contributed by atoms with Crippen molar-refractivity contribution in [2.75, 3.05) is 13.2 Å². The summed E-state index contributed by atoms with van der Waals surface area (Å²) < 4.78 is 5.84. The molecule has 2 N–H and O–H groups in total. The molecule has 2 heterocycles. The van der Waals surface area contributed by atoms with Gasteiger partial charge in [-0.1, -0.05) is 91.0 Å². The molecule has 3 aromatic rings. The van der Waals surface area contributed by atoms with Gasteiger partial charge in [-0.25, -0.2) is 0 Å². The van der Waals surface area contributed by atoms with E-state index in [-0.39, 0.29) is 24.5 Å². The van der Waals surface area contributed by atoms with Crippen molar-refractivity contribution in [2.24, 2.45) is 10.9 Å². The van der Waals surface area contributed by atoms with Crippen molar-refractivity contribution in [3.05, 3.63) is 96.6 Å². The van der Waals surface area contributed by atoms with Crippen molar-refractivity contribution in [3.8, 4) is 28.3 Å². The molecule has 0 spiro atoms. The molecule has 1 aliphatic heterocycles. The Morgan fingerprint density at radius 2 is 1.73 bits per heavy atom. The van der Waals surface area contributed by atoms with E-state index in [2.05, 4.69) is 32.7 Å². The molecule has 1 amide bonds. The molecule has 6 nitrogen and oxygen atoms in total. The molecule has 0 saturated heterocycles. The quantitative estimate of drug-likeness (QED) is 0.578. The first-order chi connectivity index (χ1) is 16.3. The van der Waals surface area contributed by atoms with Gasteiger partial charge in [-0.15, -0.1) is 5.10 Å². The maximum atomic E-state index is 12.4. The predicted molar refractivity (Wildman–Crippen MR) is 130 cm³/mol. The highest BCUT2D eigenvalue weighted by Gasteiger charge is 2.25. The van der Waals surface area contributed by atoms with Crippen LogP contribution in [-0.4, -0.2) is 41.5 Å². The van der Waals surface area contributed by atoms with Crippen LogP contribution in [0.1, 0.15) is 0 Å². The first kappa shape index (κ1) is 20.7. The van der Waals surface area contributed by atoms with E-state index < -0.39 is 0 Å². The van der Waals surface area contributed by atoms with Gasteiger partial charge in [0, 0.05) is 24.2 Å². The number of hydrogen-bond donors (Lipinski definition) is 2. The van der Waals surface area contributed by atoms with Crippen LogP contribution in [-0.2, 0) is 4.79 Å². The number of H-pyrrole nitrogens is 1. The SMILES string of the molecule is O=C(COc1n[nH]c(-c2ccccc2)c1-c1ccccc1)NCC=C1C=NC2C=CC=CC12. The number of aromatic amines is 1. The zero-order chi connectivity index (χ0) is 22.5. The predicted octanol–water partition coefficient (Wildman–Crippen LogP) is 4.36. The number of nitrogens with one attached hydrogen (secondary N) is 2. The maximum absolute atomic E-state index is 12.4. The van der Waals surface area contributed by atoms with Crippen molar-refractivity contribution in [3.63, 3.8) is 0 Å². The Kier molecular flexibility index (Phi) is 5.97. The molecule has 0 saturated carbocycles. The molecular formula is C27H24N4O2. The van der Waals surface area contributed by atoms with Crippen LogP contribution in [0.4, 0.5) is 0 Å². The Morgan fingerprint density at radius 1 is 1.00 bits per heavy atom. The third-order valence-corrected chi connectivity index (χ3v) is 5.72. The zero-order valence-electron chi connectivity index (χ0n) is 18.0. The Hall–Kier alpha value is -4.19. The second kappa shape index (κ2) is 9.53. The molecule has 2 atom stereocenters. The summed E-state index contributed by atoms with van der Waals surface area (Å²) in [4.78, 5) is 16.9. The largest absolute Gasteiger partial charge is 0.466 e. The van der Waals surface area contributed by atoms with Crippen LogP contribution < -0.4 is 10.1 Å². The maximum Gasteiger partial charge on any atom is 0.258 e. The van der Waals surface area contributed by atoms with Crippen LogP contribution in [0.3, 0.4) is 0 Å². The van der Waals surface area contributed by atoms with Gasteiger partial charge in [0.1, 0.15) is 0 Å². The van der Waals surface area contributed by atoms with Crippen LogP contribution in [0, 0.1) is 5.92 Å². The van der Waals surface area contributed by atoms with Crippen molar-refractivity contribution >= 4 is 12.1 Å². The molecular weight excluding hydrogens is 412 g/mol. The van der Waals surface area contributed by atoms with Crippen LogP contribution in [0.15, 0.2) is 102 Å². The van der Waals surface area contributed by atoms with Gasteiger partial charge in [0.25, 0.3) is 5.91 Å². The lowest BCUT2D eigenvalue weighted by Gasteiger charge is -2.14. The summed E-state index contributed by atoms with van der Waals surface area (Å²) in [6, 6.07) is 20.0. The Bertz CT molecular complexity index is 1240. The Labute approximate surface area is 192 Å². The van der Waals surface area contributed by atoms with Crippen molar-refractivity contribution in [2.45, 2.75) is 6.04 Å². The minimum absolute atomic E-state index is 0.120. The molecule has 2 aromatic carbocycles. The van der Waals surface area contributed by atoms with E-state index in [0.29, 0.717) is 12.4 Å². The minimum atomic E-state index is -0.208. The van der Waals surface area contributed by atoms with E-state index in [0.717, 1.165) is 28.0 Å². The fourth-order valence-electron chi connectivity index (χ4n) is 4.08. The molecule has 0 fully saturated rings. The molecule has 1 aromatic heterocycles. The van der Waals surface area contributed by atoms with Crippen LogP contribution in [0.5, 0.6) is 5.88 Å². The number of carbonyl (C=O) groups is 1. The van der Waals surface area contributed by atoms with Gasteiger partial charge >= 0.3 is 0 Å². The van der Waals surface area contributed by atoms with Gasteiger partial charge in [0.15, 0.2) is 6.61 Å². The molecule has 6 heteroatoms. The lowest BCUT2D eigenvalue weighted by molar-refractivity contribution is -0.122. The van der Waals surface area contributed by atoms with E-state index >= 15 is 0 Å². The number of allylic oxidation sites excluding steroid dienone is 2. The van der Waals surface area contributed by atoms with E-state index in [1.165, 1.54) is 0 Å². The summed E-state index contributed by atoms with van der Waals surface area (Å²) in [6.45, 7) is 0.302. The molecule has 0 radical (unpaired) electrons. The third-order valence-electron chi connectivity index (χ3n) is 5.72. The number of amides is 1. The fraction of sp³-hybridized carbons (Fsp3) is 0.148. The standard InChI is InChI=1S/C27H24N4O2/c32-24(28-16-15-21-17-29-23-14-8-7-13-22(21)23)18-33-27-25(19-9-3-1-4-10-19)26(30-31-27)20-11-5-2-6-12-20/h1-15,17,22-23H,16,18H2,(H,28,32)(H,30,31). The second-order valence-electron chi connectivity index (χ2n) is 7.87. The third kappa shape index (κ3) is 4.55. The van der Waals surface area contributed by atoms with Crippen LogP contribution in [0.25, 0.3) is 22.4 Å². The molecule has 1 aliphatic carbocycles. The lowest BCUT2D eigenvalue weighted by atomic mass is 9.91. The summed E-state index contributed by atoms with van der Waals surface area (Å²) in [5.74, 6) is 0.455. The molecule has 2 aliphatic rings. The molecule has 0 bridgehead atoms. The number of ether oxygens (including phenoxy) is 1. The van der Waals surface area contributed by atoms with E-state index in [1.54, 1.807) is 0 Å². The molecule has 5 rings (SSSR count). The average molecular weight is 437 g/mol. The van der Waals surface area contributed by atoms with Gasteiger partial charge in [-0.05, 0) is 11.1 Å². The fourth-order valence-corrected chi connectivity index (χ4v) is 4.08. The summed E-state index contributed by atoms with van der Waals surface area (Å²) in [7, 11) is 0. The normalized spacial score (nSPS) is 19.6. The van der Waals surface area contributed by atoms with E-state index in [4.69, 9.17) is 4.74 Å². The Balaban J connectivity index is 1.25. The molecule has 164 valence electrons. The van der Waals surface area contributed by atoms with Crippen molar-refractivity contribution in [1.29, 1.82) is 0 Å². The first-order valence-electron chi connectivity index (χ1n) is 11.0. The number of carbonyl (C=O) groups excluding carboxylic acids is 1. The number of rotatable bonds is 7. The first-order valence-corrected chi connectivity index (χ1v) is 11.0. The smallest absolute Gasteiger partial charge is 0.258 e. The van der Waals surface area contributed by atoms with Gasteiger partial charge in [0.2, 0.25) is 5.88 Å². The van der Waals surface area contributed by atoms with Gasteiger partial charge in [0.05, 0.1) is 17.3 Å². The zero-order valence-corrected chi connectivity index (χ0v) is 18.0. The van der Waals surface area contributed by atoms with Crippen molar-refractivity contribution in [1.82, 2.24) is 15.5 Å². The number of fused-ring (bicyclic) bond motifs is 1. The second-order valence-corrected chi connectivity index (χ2v) is 7.87. The minimum Gasteiger partial charge on any atom is -0.466 e. The van der Waals surface area contributed by atoms with E-state index in [9.17, 15) is 4.79 Å². The van der Waals surface area contributed by atoms with Gasteiger partial charge in [-0.3, -0.25) is 14.9 Å². The van der Waals surface area contributed by atoms with Crippen LogP contribution in [0.2, 0.25) is 0 Å². The number of benzene rings is 2. The Morgan fingerprint density at radius 3 is 2.52 bits per heavy atom. The van der Waals surface area contributed by atoms with E-state index in [1.807, 2.05) is 85.1 Å². The lowest BCUT2D eigenvalue weighted by Crippen LogP contribution is -2.29. The van der Waals surface area contributed by atoms with Crippen molar-refractivity contribution < 1.29 is 9.53 Å². The average Bonchev–Trinajstić information content (AvgIpc) is 3.48. The number of aliphatic imine (C=N–C) groups is 1. The molecule has 33 heavy (non-hydrogen) atoms. The number of aromatic nitrogens is 2. The monoisotopic (exact) mass is 436 g/mol. The van der Waals surface area contributed by atoms with Crippen LogP contribution >= 0.6 is 0 Å². The summed E-state index contributed by atoms with van der Waals surface area (Å²) >= 11 is 0. The highest BCUT2D eigenvalue weighted by Crippen LogP contribution is 2.37. The number of hydrogen-bond acceptors (Lipinski definition) is 4. The topological polar surface area (TPSA) is 79.4 Å². The highest BCUT2D eigenvalue weighted by molar-refractivity contribution is 5.85.